The van der Waals surface area contributed by atoms with E-state index in [1.54, 1.807) is 0 Å². The van der Waals surface area contributed by atoms with Gasteiger partial charge in [-0.1, -0.05) is 53.7 Å². The fourth-order valence-electron chi connectivity index (χ4n) is 2.86. The summed E-state index contributed by atoms with van der Waals surface area (Å²) in [6, 6.07) is 0. The van der Waals surface area contributed by atoms with Gasteiger partial charge in [0.15, 0.2) is 0 Å². The summed E-state index contributed by atoms with van der Waals surface area (Å²) >= 11 is 5.51. The Morgan fingerprint density at radius 3 is 2.83 bits per heavy atom. The second-order valence-corrected chi connectivity index (χ2v) is 8.43. The molecule has 2 rings (SSSR count). The molecular formula is C20H29BrN2S. The van der Waals surface area contributed by atoms with E-state index in [0.717, 1.165) is 38.2 Å². The second-order valence-electron chi connectivity index (χ2n) is 6.31. The molecule has 1 aliphatic carbocycles. The van der Waals surface area contributed by atoms with Crippen molar-refractivity contribution in [3.05, 3.63) is 44.4 Å². The highest BCUT2D eigenvalue weighted by Gasteiger charge is 2.15. The van der Waals surface area contributed by atoms with Gasteiger partial charge in [0.2, 0.25) is 0 Å². The second kappa shape index (κ2) is 10.3. The van der Waals surface area contributed by atoms with E-state index < -0.39 is 0 Å². The van der Waals surface area contributed by atoms with Crippen molar-refractivity contribution in [2.45, 2.75) is 52.9 Å². The molecule has 0 N–H and O–H groups in total. The van der Waals surface area contributed by atoms with E-state index in [0.29, 0.717) is 5.92 Å². The van der Waals surface area contributed by atoms with Crippen LogP contribution in [0.25, 0.3) is 0 Å². The minimum absolute atomic E-state index is 0.600. The molecule has 0 saturated carbocycles. The maximum atomic E-state index is 4.78. The Kier molecular flexibility index (Phi) is 8.40. The predicted octanol–water partition coefficient (Wildman–Crippen LogP) is 6.63. The molecule has 0 radical (unpaired) electrons. The van der Waals surface area contributed by atoms with Gasteiger partial charge in [-0.3, -0.25) is 0 Å². The molecular weight excluding hydrogens is 380 g/mol. The number of thioether (sulfide) groups is 1. The summed E-state index contributed by atoms with van der Waals surface area (Å²) in [4.78, 5) is 10.0. The van der Waals surface area contributed by atoms with Gasteiger partial charge in [-0.25, -0.2) is 4.99 Å². The minimum Gasteiger partial charge on any atom is -0.357 e. The topological polar surface area (TPSA) is 15.6 Å². The van der Waals surface area contributed by atoms with Crippen molar-refractivity contribution in [2.24, 2.45) is 10.9 Å². The number of likely N-dealkylation sites (tertiary alicyclic amines) is 1. The molecule has 0 spiro atoms. The summed E-state index contributed by atoms with van der Waals surface area (Å²) < 4.78 is 1.20. The van der Waals surface area contributed by atoms with Crippen LogP contribution in [0.1, 0.15) is 52.9 Å². The average Bonchev–Trinajstić information content (AvgIpc) is 3.10. The third-order valence-corrected chi connectivity index (χ3v) is 6.31. The van der Waals surface area contributed by atoms with Crippen molar-refractivity contribution in [2.75, 3.05) is 13.1 Å². The average molecular weight is 409 g/mol. The lowest BCUT2D eigenvalue weighted by atomic mass is 10.0. The van der Waals surface area contributed by atoms with E-state index in [1.807, 2.05) is 11.8 Å². The summed E-state index contributed by atoms with van der Waals surface area (Å²) in [5.74, 6) is 1.76. The van der Waals surface area contributed by atoms with Gasteiger partial charge in [0.05, 0.1) is 0 Å². The van der Waals surface area contributed by atoms with Crippen LogP contribution in [0.5, 0.6) is 0 Å². The molecule has 2 aliphatic rings. The molecule has 24 heavy (non-hydrogen) atoms. The zero-order chi connectivity index (χ0) is 17.4. The number of hydrogen-bond donors (Lipinski definition) is 0. The van der Waals surface area contributed by atoms with E-state index in [2.05, 4.69) is 72.1 Å². The molecule has 1 fully saturated rings. The molecule has 0 aromatic rings. The minimum atomic E-state index is 0.600. The fraction of sp³-hybridized carbons (Fsp3) is 0.550. The maximum Gasteiger partial charge on any atom is 0.124 e. The fourth-order valence-corrected chi connectivity index (χ4v) is 4.51. The molecule has 4 heteroatoms. The Morgan fingerprint density at radius 2 is 2.17 bits per heavy atom. The van der Waals surface area contributed by atoms with Crippen LogP contribution in [0.15, 0.2) is 49.4 Å². The molecule has 0 bridgehead atoms. The first-order chi connectivity index (χ1) is 11.6. The third kappa shape index (κ3) is 5.96. The van der Waals surface area contributed by atoms with Gasteiger partial charge in [0.1, 0.15) is 5.82 Å². The first-order valence-corrected chi connectivity index (χ1v) is 10.6. The van der Waals surface area contributed by atoms with Gasteiger partial charge >= 0.3 is 0 Å². The molecule has 2 nitrogen and oxygen atoms in total. The van der Waals surface area contributed by atoms with Crippen LogP contribution in [0, 0.1) is 5.92 Å². The monoisotopic (exact) mass is 408 g/mol. The van der Waals surface area contributed by atoms with Crippen molar-refractivity contribution in [3.8, 4) is 0 Å². The van der Waals surface area contributed by atoms with Gasteiger partial charge < -0.3 is 4.90 Å². The van der Waals surface area contributed by atoms with Gasteiger partial charge in [-0.15, -0.1) is 0 Å². The van der Waals surface area contributed by atoms with Gasteiger partial charge in [-0.05, 0) is 60.5 Å². The SMILES string of the molecule is C/C=C(\C/C=N\C(=C/CC)N1CCCC1)SC1=CC(Br)=CC[C@H]1C. The highest BCUT2D eigenvalue weighted by molar-refractivity contribution is 9.11. The first-order valence-electron chi connectivity index (χ1n) is 9.02. The third-order valence-electron chi connectivity index (χ3n) is 4.34. The van der Waals surface area contributed by atoms with Crippen molar-refractivity contribution >= 4 is 33.9 Å². The number of allylic oxidation sites excluding steroid dienone is 7. The predicted molar refractivity (Wildman–Crippen MR) is 113 cm³/mol. The smallest absolute Gasteiger partial charge is 0.124 e. The molecule has 0 aromatic carbocycles. The molecule has 1 heterocycles. The summed E-state index contributed by atoms with van der Waals surface area (Å²) in [7, 11) is 0. The molecule has 0 amide bonds. The molecule has 1 saturated heterocycles. The summed E-state index contributed by atoms with van der Waals surface area (Å²) in [5, 5.41) is 0. The Morgan fingerprint density at radius 1 is 1.42 bits per heavy atom. The number of nitrogens with zero attached hydrogens (tertiary/aromatic N) is 2. The van der Waals surface area contributed by atoms with E-state index in [4.69, 9.17) is 4.99 Å². The quantitative estimate of drug-likeness (QED) is 0.438. The summed E-state index contributed by atoms with van der Waals surface area (Å²) in [6.45, 7) is 8.91. The highest BCUT2D eigenvalue weighted by Crippen LogP contribution is 2.38. The normalized spacial score (nSPS) is 23.0. The molecule has 1 atom stereocenters. The van der Waals surface area contributed by atoms with Crippen LogP contribution in [-0.4, -0.2) is 24.2 Å². The standard InChI is InChI=1S/C20H29BrN2S/c1-4-8-20(23-13-6-7-14-23)22-12-11-18(5-2)24-19-15-17(21)10-9-16(19)3/h5,8,10,12,15-16H,4,6-7,9,11,13-14H2,1-3H3/b18-5+,20-8+,22-12-/t16-/m1/s1. The molecule has 1 aliphatic heterocycles. The Hall–Kier alpha value is -0.740. The zero-order valence-corrected chi connectivity index (χ0v) is 17.5. The van der Waals surface area contributed by atoms with Crippen LogP contribution < -0.4 is 0 Å². The first kappa shape index (κ1) is 19.6. The van der Waals surface area contributed by atoms with E-state index in [-0.39, 0.29) is 0 Å². The number of rotatable bonds is 7. The largest absolute Gasteiger partial charge is 0.357 e. The van der Waals surface area contributed by atoms with Crippen LogP contribution in [0.3, 0.4) is 0 Å². The van der Waals surface area contributed by atoms with E-state index in [9.17, 15) is 0 Å². The zero-order valence-electron chi connectivity index (χ0n) is 15.1. The lowest BCUT2D eigenvalue weighted by Crippen LogP contribution is -2.17. The van der Waals surface area contributed by atoms with Gasteiger partial charge in [0.25, 0.3) is 0 Å². The lowest BCUT2D eigenvalue weighted by Gasteiger charge is -2.19. The molecule has 0 unspecified atom stereocenters. The number of hydrogen-bond acceptors (Lipinski definition) is 3. The number of aliphatic imine (C=N–C) groups is 1. The molecule has 0 aromatic heterocycles. The molecule has 132 valence electrons. The summed E-state index contributed by atoms with van der Waals surface area (Å²) in [5.41, 5.74) is 0. The van der Waals surface area contributed by atoms with Gasteiger partial charge in [-0.2, -0.15) is 0 Å². The van der Waals surface area contributed by atoms with Crippen molar-refractivity contribution in [3.63, 3.8) is 0 Å². The van der Waals surface area contributed by atoms with Crippen LogP contribution >= 0.6 is 27.7 Å². The van der Waals surface area contributed by atoms with Crippen molar-refractivity contribution in [1.29, 1.82) is 0 Å². The van der Waals surface area contributed by atoms with Crippen LogP contribution in [0.2, 0.25) is 0 Å². The summed E-state index contributed by atoms with van der Waals surface area (Å²) in [6.07, 6.45) is 16.7. The number of halogens is 1. The van der Waals surface area contributed by atoms with Gasteiger partial charge in [0, 0.05) is 30.2 Å². The van der Waals surface area contributed by atoms with Crippen molar-refractivity contribution in [1.82, 2.24) is 4.90 Å². The highest BCUT2D eigenvalue weighted by atomic mass is 79.9. The van der Waals surface area contributed by atoms with E-state index >= 15 is 0 Å². The Balaban J connectivity index is 1.95. The maximum absolute atomic E-state index is 4.78. The lowest BCUT2D eigenvalue weighted by molar-refractivity contribution is 0.421. The van der Waals surface area contributed by atoms with Crippen LogP contribution in [0.4, 0.5) is 0 Å². The van der Waals surface area contributed by atoms with Crippen LogP contribution in [-0.2, 0) is 0 Å². The van der Waals surface area contributed by atoms with Crippen molar-refractivity contribution < 1.29 is 0 Å². The van der Waals surface area contributed by atoms with E-state index in [1.165, 1.54) is 27.1 Å². The Bertz CT molecular complexity index is 566. The Labute approximate surface area is 160 Å².